The minimum absolute atomic E-state index is 0.282. The summed E-state index contributed by atoms with van der Waals surface area (Å²) in [4.78, 5) is 55.5. The summed E-state index contributed by atoms with van der Waals surface area (Å²) in [6, 6.07) is 18.9. The number of nitrogens with zero attached hydrogens (tertiary/aromatic N) is 2. The predicted molar refractivity (Wildman–Crippen MR) is 164 cm³/mol. The van der Waals surface area contributed by atoms with E-state index in [0.717, 1.165) is 34.2 Å². The Morgan fingerprint density at radius 1 is 0.902 bits per heavy atom. The monoisotopic (exact) mass is 643 g/mol. The van der Waals surface area contributed by atoms with Crippen LogP contribution in [0.2, 0.25) is 15.1 Å². The summed E-state index contributed by atoms with van der Waals surface area (Å²) in [6.07, 6.45) is 0. The van der Waals surface area contributed by atoms with Crippen LogP contribution < -0.4 is 15.1 Å². The third-order valence-corrected chi connectivity index (χ3v) is 10.7. The smallest absolute Gasteiger partial charge is 0.308 e. The Balaban J connectivity index is 1.40. The van der Waals surface area contributed by atoms with Crippen LogP contribution in [-0.4, -0.2) is 27.5 Å². The number of aromatic nitrogens is 1. The van der Waals surface area contributed by atoms with Crippen LogP contribution in [0, 0.1) is 12.8 Å². The van der Waals surface area contributed by atoms with Gasteiger partial charge in [-0.05, 0) is 55.0 Å². The molecular formula is C29H20Cl3N3O4S2. The summed E-state index contributed by atoms with van der Waals surface area (Å²) >= 11 is 20.3. The zero-order valence-electron chi connectivity index (χ0n) is 21.3. The second-order valence-corrected chi connectivity index (χ2v) is 13.1. The lowest BCUT2D eigenvalue weighted by Gasteiger charge is -2.30. The van der Waals surface area contributed by atoms with Crippen molar-refractivity contribution >= 4 is 87.0 Å². The second-order valence-electron chi connectivity index (χ2n) is 9.74. The van der Waals surface area contributed by atoms with Gasteiger partial charge in [-0.1, -0.05) is 87.7 Å². The first kappa shape index (κ1) is 28.1. The average molecular weight is 645 g/mol. The van der Waals surface area contributed by atoms with Crippen molar-refractivity contribution in [1.82, 2.24) is 4.57 Å². The highest BCUT2D eigenvalue weighted by molar-refractivity contribution is 8.00. The molecule has 0 aliphatic carbocycles. The van der Waals surface area contributed by atoms with Gasteiger partial charge in [0.2, 0.25) is 17.7 Å². The third kappa shape index (κ3) is 5.10. The van der Waals surface area contributed by atoms with Gasteiger partial charge in [-0.15, -0.1) is 0 Å². The molecule has 1 N–H and O–H groups in total. The number of carbonyl (C=O) groups excluding carboxylic acids is 3. The molecule has 3 atom stereocenters. The van der Waals surface area contributed by atoms with Crippen molar-refractivity contribution < 1.29 is 14.4 Å². The molecule has 7 nitrogen and oxygen atoms in total. The van der Waals surface area contributed by atoms with E-state index in [1.54, 1.807) is 36.4 Å². The highest BCUT2D eigenvalue weighted by Crippen LogP contribution is 2.54. The van der Waals surface area contributed by atoms with E-state index < -0.39 is 23.0 Å². The number of thioether (sulfide) groups is 1. The molecule has 1 saturated heterocycles. The van der Waals surface area contributed by atoms with Gasteiger partial charge in [0.1, 0.15) is 11.8 Å². The van der Waals surface area contributed by atoms with Gasteiger partial charge in [0.15, 0.2) is 0 Å². The van der Waals surface area contributed by atoms with E-state index in [-0.39, 0.29) is 28.3 Å². The highest BCUT2D eigenvalue weighted by Gasteiger charge is 2.56. The zero-order chi connectivity index (χ0) is 29.0. The third-order valence-electron chi connectivity index (χ3n) is 7.08. The van der Waals surface area contributed by atoms with E-state index in [2.05, 4.69) is 5.32 Å². The molecule has 3 amide bonds. The Labute approximate surface area is 258 Å². The number of anilines is 2. The lowest BCUT2D eigenvalue weighted by Crippen LogP contribution is -2.33. The first-order valence-corrected chi connectivity index (χ1v) is 15.3. The van der Waals surface area contributed by atoms with Gasteiger partial charge in [-0.25, -0.2) is 4.90 Å². The summed E-state index contributed by atoms with van der Waals surface area (Å²) in [5.74, 6) is -2.45. The normalized spacial score (nSPS) is 19.7. The van der Waals surface area contributed by atoms with Crippen molar-refractivity contribution in [2.75, 3.05) is 10.2 Å². The molecule has 1 fully saturated rings. The maximum absolute atomic E-state index is 13.9. The summed E-state index contributed by atoms with van der Waals surface area (Å²) in [5.41, 5.74) is 2.69. The van der Waals surface area contributed by atoms with Crippen LogP contribution in [0.4, 0.5) is 11.4 Å². The molecule has 41 heavy (non-hydrogen) atoms. The van der Waals surface area contributed by atoms with Crippen LogP contribution in [0.25, 0.3) is 0 Å². The molecule has 0 bridgehead atoms. The van der Waals surface area contributed by atoms with E-state index in [1.807, 2.05) is 31.2 Å². The Kier molecular flexibility index (Phi) is 7.50. The Morgan fingerprint density at radius 3 is 2.29 bits per heavy atom. The average Bonchev–Trinajstić information content (AvgIpc) is 3.38. The van der Waals surface area contributed by atoms with Crippen LogP contribution in [0.15, 0.2) is 76.6 Å². The van der Waals surface area contributed by atoms with E-state index in [1.165, 1.54) is 15.5 Å². The number of halogens is 3. The van der Waals surface area contributed by atoms with Crippen molar-refractivity contribution in [2.45, 2.75) is 29.7 Å². The molecule has 0 spiro atoms. The van der Waals surface area contributed by atoms with Gasteiger partial charge in [0.05, 0.1) is 26.7 Å². The van der Waals surface area contributed by atoms with Crippen LogP contribution in [0.1, 0.15) is 21.9 Å². The minimum Gasteiger partial charge on any atom is -0.324 e. The fraction of sp³-hybridized carbons (Fsp3) is 0.172. The first-order valence-electron chi connectivity index (χ1n) is 12.5. The molecule has 6 rings (SSSR count). The van der Waals surface area contributed by atoms with Gasteiger partial charge >= 0.3 is 4.87 Å². The van der Waals surface area contributed by atoms with Crippen LogP contribution >= 0.6 is 57.9 Å². The molecule has 208 valence electrons. The fourth-order valence-electron chi connectivity index (χ4n) is 5.15. The van der Waals surface area contributed by atoms with E-state index in [4.69, 9.17) is 34.8 Å². The number of fused-ring (bicyclic) bond motifs is 2. The minimum atomic E-state index is -0.782. The van der Waals surface area contributed by atoms with Gasteiger partial charge < -0.3 is 5.32 Å². The Morgan fingerprint density at radius 2 is 1.61 bits per heavy atom. The topological polar surface area (TPSA) is 88.5 Å². The van der Waals surface area contributed by atoms with E-state index in [0.29, 0.717) is 31.3 Å². The maximum atomic E-state index is 13.9. The molecule has 3 heterocycles. The number of hydrogen-bond acceptors (Lipinski definition) is 6. The number of hydrogen-bond donors (Lipinski definition) is 1. The van der Waals surface area contributed by atoms with Gasteiger partial charge in [0, 0.05) is 21.5 Å². The zero-order valence-corrected chi connectivity index (χ0v) is 25.2. The van der Waals surface area contributed by atoms with Crippen molar-refractivity contribution in [2.24, 2.45) is 5.92 Å². The molecule has 1 aromatic heterocycles. The number of amides is 3. The van der Waals surface area contributed by atoms with Gasteiger partial charge in [-0.3, -0.25) is 23.7 Å². The number of benzene rings is 3. The molecule has 0 saturated carbocycles. The number of aryl methyl sites for hydroxylation is 1. The lowest BCUT2D eigenvalue weighted by atomic mass is 9.83. The molecular weight excluding hydrogens is 625 g/mol. The lowest BCUT2D eigenvalue weighted by molar-refractivity contribution is -0.122. The quantitative estimate of drug-likeness (QED) is 0.247. The number of carbonyl (C=O) groups is 3. The summed E-state index contributed by atoms with van der Waals surface area (Å²) in [6.45, 7) is 1.64. The molecule has 4 aromatic rings. The van der Waals surface area contributed by atoms with Crippen LogP contribution in [0.5, 0.6) is 0 Å². The number of nitrogens with one attached hydrogen (secondary N) is 1. The summed E-state index contributed by atoms with van der Waals surface area (Å²) < 4.78 is 1.36. The predicted octanol–water partition coefficient (Wildman–Crippen LogP) is 6.61. The van der Waals surface area contributed by atoms with Crippen molar-refractivity contribution in [3.63, 3.8) is 0 Å². The van der Waals surface area contributed by atoms with Gasteiger partial charge in [0.25, 0.3) is 0 Å². The second kappa shape index (κ2) is 11.0. The number of rotatable bonds is 5. The summed E-state index contributed by atoms with van der Waals surface area (Å²) in [7, 11) is 0. The first-order chi connectivity index (χ1) is 19.6. The van der Waals surface area contributed by atoms with Crippen molar-refractivity contribution in [3.8, 4) is 0 Å². The largest absolute Gasteiger partial charge is 0.324 e. The Bertz CT molecular complexity index is 1770. The van der Waals surface area contributed by atoms with E-state index in [9.17, 15) is 19.2 Å². The highest BCUT2D eigenvalue weighted by atomic mass is 35.5. The van der Waals surface area contributed by atoms with Gasteiger partial charge in [-0.2, -0.15) is 0 Å². The fourth-order valence-corrected chi connectivity index (χ4v) is 8.35. The van der Waals surface area contributed by atoms with Crippen LogP contribution in [-0.2, 0) is 20.9 Å². The molecule has 2 unspecified atom stereocenters. The molecule has 0 radical (unpaired) electrons. The van der Waals surface area contributed by atoms with Crippen molar-refractivity contribution in [1.29, 1.82) is 0 Å². The SMILES string of the molecule is Cc1ccc(N2C(=O)C3Sc4c(sc(=O)n4CC(=O)Nc4ccc(Cl)c(Cl)c4)[C@H](c4ccc(Cl)cc4)C3C2=O)cc1. The molecule has 2 aliphatic heterocycles. The number of imide groups is 1. The Hall–Kier alpha value is -3.08. The summed E-state index contributed by atoms with van der Waals surface area (Å²) in [5, 5.41) is 3.61. The van der Waals surface area contributed by atoms with Crippen LogP contribution in [0.3, 0.4) is 0 Å². The standard InChI is InChI=1S/C29H20Cl3N3O4S2/c1-14-2-9-18(10-3-14)35-26(37)23-22(15-4-6-16(30)7-5-15)25-28(40-24(23)27(35)38)34(29(39)41-25)13-21(36)33-17-8-11-19(31)20(32)12-17/h2-12,22-24H,13H2,1H3,(H,33,36)/t22-,23?,24?/m1/s1. The molecule has 12 heteroatoms. The molecule has 3 aromatic carbocycles. The maximum Gasteiger partial charge on any atom is 0.308 e. The van der Waals surface area contributed by atoms with E-state index >= 15 is 0 Å². The number of thiazole rings is 1. The van der Waals surface area contributed by atoms with Crippen molar-refractivity contribution in [3.05, 3.63) is 107 Å². The molecule has 2 aliphatic rings.